The number of rotatable bonds is 10. The van der Waals surface area contributed by atoms with E-state index in [1.165, 1.54) is 55.3 Å². The third-order valence-corrected chi connectivity index (χ3v) is 6.04. The molecule has 232 valence electrons. The maximum Gasteiger partial charge on any atom is 0.346 e. The highest BCUT2D eigenvalue weighted by molar-refractivity contribution is 6.16. The first-order valence-corrected chi connectivity index (χ1v) is 14.2. The van der Waals surface area contributed by atoms with E-state index in [-0.39, 0.29) is 46.1 Å². The van der Waals surface area contributed by atoms with Crippen LogP contribution in [0.2, 0.25) is 0 Å². The Kier molecular flexibility index (Phi) is 14.1. The lowest BCUT2D eigenvalue weighted by Gasteiger charge is -2.11. The molecule has 0 aliphatic carbocycles. The molecule has 0 saturated carbocycles. The molecule has 0 bridgehead atoms. The normalized spacial score (nSPS) is 13.5. The second kappa shape index (κ2) is 17.7. The van der Waals surface area contributed by atoms with Gasteiger partial charge in [0.2, 0.25) is 0 Å². The third kappa shape index (κ3) is 9.72. The molecule has 0 aromatic heterocycles. The lowest BCUT2D eigenvalue weighted by Crippen LogP contribution is -2.15. The highest BCUT2D eigenvalue weighted by atomic mass is 16.6. The molecule has 4 rings (SSSR count). The number of ether oxygens (including phenoxy) is 4. The quantitative estimate of drug-likeness (QED) is 0.126. The van der Waals surface area contributed by atoms with E-state index in [0.29, 0.717) is 6.42 Å². The minimum atomic E-state index is -0.745. The molecule has 0 N–H and O–H groups in total. The summed E-state index contributed by atoms with van der Waals surface area (Å²) in [6.45, 7) is 11.9. The second-order valence-electron chi connectivity index (χ2n) is 9.23. The molecule has 2 aromatic rings. The van der Waals surface area contributed by atoms with Crippen LogP contribution in [0.4, 0.5) is 0 Å². The molecule has 2 heterocycles. The largest absolute Gasteiger partial charge is 0.458 e. The number of cyclic esters (lactones) is 4. The van der Waals surface area contributed by atoms with Crippen molar-refractivity contribution in [3.05, 3.63) is 107 Å². The number of allylic oxidation sites excluding steroid dienone is 3. The van der Waals surface area contributed by atoms with Gasteiger partial charge in [-0.1, -0.05) is 64.7 Å². The van der Waals surface area contributed by atoms with Crippen molar-refractivity contribution >= 4 is 35.8 Å². The summed E-state index contributed by atoms with van der Waals surface area (Å²) in [6.07, 6.45) is 13.0. The maximum absolute atomic E-state index is 11.9. The zero-order valence-corrected chi connectivity index (χ0v) is 25.3. The van der Waals surface area contributed by atoms with Crippen molar-refractivity contribution in [3.8, 4) is 0 Å². The van der Waals surface area contributed by atoms with Crippen molar-refractivity contribution < 1.29 is 47.7 Å². The Balaban J connectivity index is 0.000000260. The highest BCUT2D eigenvalue weighted by Gasteiger charge is 2.31. The summed E-state index contributed by atoms with van der Waals surface area (Å²) in [5, 5.41) is 0. The predicted molar refractivity (Wildman–Crippen MR) is 162 cm³/mol. The van der Waals surface area contributed by atoms with Gasteiger partial charge < -0.3 is 18.9 Å². The summed E-state index contributed by atoms with van der Waals surface area (Å²) < 4.78 is 19.0. The van der Waals surface area contributed by atoms with Gasteiger partial charge in [-0.05, 0) is 62.1 Å². The lowest BCUT2D eigenvalue weighted by molar-refractivity contribution is 0.0385. The SMILES string of the molecule is C=CC(CC)OC(=O)c1ccc2c(c1)C(=O)OC2=O.CC/C=C/COC(=O)c1ccc2c(c1)C(=O)OC2=O.CC/C=C\CC. The molecular weight excluding hydrogens is 568 g/mol. The van der Waals surface area contributed by atoms with Crippen LogP contribution < -0.4 is 0 Å². The molecule has 44 heavy (non-hydrogen) atoms. The Morgan fingerprint density at radius 1 is 0.682 bits per heavy atom. The summed E-state index contributed by atoms with van der Waals surface area (Å²) in [5.41, 5.74) is 0.945. The van der Waals surface area contributed by atoms with Crippen LogP contribution in [-0.4, -0.2) is 48.5 Å². The number of hydrogen-bond acceptors (Lipinski definition) is 10. The molecule has 1 unspecified atom stereocenters. The zero-order chi connectivity index (χ0) is 32.6. The van der Waals surface area contributed by atoms with Crippen LogP contribution in [0.1, 0.15) is 116 Å². The van der Waals surface area contributed by atoms with E-state index in [2.05, 4.69) is 42.1 Å². The van der Waals surface area contributed by atoms with E-state index < -0.39 is 35.8 Å². The van der Waals surface area contributed by atoms with Gasteiger partial charge in [-0.3, -0.25) is 0 Å². The highest BCUT2D eigenvalue weighted by Crippen LogP contribution is 2.23. The molecule has 2 aliphatic rings. The fourth-order valence-electron chi connectivity index (χ4n) is 3.70. The predicted octanol–water partition coefficient (Wildman–Crippen LogP) is 6.60. The maximum atomic E-state index is 11.9. The van der Waals surface area contributed by atoms with Gasteiger partial charge in [0.25, 0.3) is 0 Å². The van der Waals surface area contributed by atoms with Crippen LogP contribution in [0.15, 0.2) is 73.4 Å². The first-order valence-electron chi connectivity index (χ1n) is 14.2. The molecule has 0 saturated heterocycles. The fourth-order valence-corrected chi connectivity index (χ4v) is 3.70. The molecule has 0 amide bonds. The molecule has 0 spiro atoms. The van der Waals surface area contributed by atoms with Crippen LogP contribution in [-0.2, 0) is 18.9 Å². The number of carbonyl (C=O) groups excluding carboxylic acids is 6. The van der Waals surface area contributed by atoms with Crippen molar-refractivity contribution in [1.82, 2.24) is 0 Å². The van der Waals surface area contributed by atoms with Crippen molar-refractivity contribution in [1.29, 1.82) is 0 Å². The van der Waals surface area contributed by atoms with Gasteiger partial charge >= 0.3 is 35.8 Å². The third-order valence-electron chi connectivity index (χ3n) is 6.04. The number of benzene rings is 2. The van der Waals surface area contributed by atoms with Crippen molar-refractivity contribution in [2.24, 2.45) is 0 Å². The second-order valence-corrected chi connectivity index (χ2v) is 9.23. The van der Waals surface area contributed by atoms with Crippen LogP contribution in [0, 0.1) is 0 Å². The molecule has 0 radical (unpaired) electrons. The molecular formula is C34H36O10. The van der Waals surface area contributed by atoms with Gasteiger partial charge in [0, 0.05) is 0 Å². The summed E-state index contributed by atoms with van der Waals surface area (Å²) in [4.78, 5) is 68.8. The molecule has 0 fully saturated rings. The topological polar surface area (TPSA) is 139 Å². The Bertz CT molecular complexity index is 1460. The Morgan fingerprint density at radius 2 is 1.11 bits per heavy atom. The summed E-state index contributed by atoms with van der Waals surface area (Å²) in [5.74, 6) is -3.98. The molecule has 2 aromatic carbocycles. The van der Waals surface area contributed by atoms with Crippen LogP contribution in [0.3, 0.4) is 0 Å². The Labute approximate surface area is 256 Å². The van der Waals surface area contributed by atoms with Crippen LogP contribution in [0.5, 0.6) is 0 Å². The van der Waals surface area contributed by atoms with E-state index in [1.54, 1.807) is 6.08 Å². The van der Waals surface area contributed by atoms with Gasteiger partial charge in [0.1, 0.15) is 12.7 Å². The van der Waals surface area contributed by atoms with E-state index in [1.807, 2.05) is 19.9 Å². The summed E-state index contributed by atoms with van der Waals surface area (Å²) in [6, 6.07) is 8.26. The number of carbonyl (C=O) groups is 6. The first-order chi connectivity index (χ1) is 21.1. The Hall–Kier alpha value is -5.12. The summed E-state index contributed by atoms with van der Waals surface area (Å²) in [7, 11) is 0. The van der Waals surface area contributed by atoms with Crippen molar-refractivity contribution in [3.63, 3.8) is 0 Å². The monoisotopic (exact) mass is 604 g/mol. The molecule has 2 aliphatic heterocycles. The average molecular weight is 605 g/mol. The van der Waals surface area contributed by atoms with Gasteiger partial charge in [0.15, 0.2) is 0 Å². The number of hydrogen-bond donors (Lipinski definition) is 0. The van der Waals surface area contributed by atoms with E-state index in [4.69, 9.17) is 9.47 Å². The van der Waals surface area contributed by atoms with E-state index in [0.717, 1.165) is 6.42 Å². The van der Waals surface area contributed by atoms with E-state index >= 15 is 0 Å². The van der Waals surface area contributed by atoms with Gasteiger partial charge in [-0.25, -0.2) is 28.8 Å². The Morgan fingerprint density at radius 3 is 1.55 bits per heavy atom. The zero-order valence-electron chi connectivity index (χ0n) is 25.3. The van der Waals surface area contributed by atoms with Crippen LogP contribution in [0.25, 0.3) is 0 Å². The van der Waals surface area contributed by atoms with E-state index in [9.17, 15) is 28.8 Å². The standard InChI is InChI=1S/2C14H12O5.C6H12/c1-3-9(4-2)18-12(15)8-5-6-10-11(7-8)14(17)19-13(10)16;1-2-3-4-7-18-12(15)9-5-6-10-11(8-9)14(17)19-13(10)16;1-3-5-6-4-2/h3,5-7,9H,1,4H2,2H3;3-6,8H,2,7H2,1H3;5-6H,3-4H2,1-2H3/b;4-3+;6-5-. The van der Waals surface area contributed by atoms with Crippen molar-refractivity contribution in [2.45, 2.75) is 59.5 Å². The minimum Gasteiger partial charge on any atom is -0.458 e. The lowest BCUT2D eigenvalue weighted by atomic mass is 10.1. The average Bonchev–Trinajstić information content (AvgIpc) is 3.49. The van der Waals surface area contributed by atoms with Gasteiger partial charge in [-0.2, -0.15) is 0 Å². The number of esters is 6. The van der Waals surface area contributed by atoms with Crippen molar-refractivity contribution in [2.75, 3.05) is 6.61 Å². The van der Waals surface area contributed by atoms with Crippen LogP contribution >= 0.6 is 0 Å². The molecule has 1 atom stereocenters. The summed E-state index contributed by atoms with van der Waals surface area (Å²) >= 11 is 0. The smallest absolute Gasteiger partial charge is 0.346 e. The molecule has 10 heteroatoms. The molecule has 10 nitrogen and oxygen atoms in total. The van der Waals surface area contributed by atoms with Gasteiger partial charge in [0.05, 0.1) is 33.4 Å². The fraction of sp³-hybridized carbons (Fsp3) is 0.294. The van der Waals surface area contributed by atoms with Gasteiger partial charge in [-0.15, -0.1) is 0 Å². The minimum absolute atomic E-state index is 0.0890. The number of fused-ring (bicyclic) bond motifs is 2. The first kappa shape index (κ1) is 35.1.